The lowest BCUT2D eigenvalue weighted by molar-refractivity contribution is -0.149. The molecule has 3 N–H and O–H groups in total. The minimum atomic E-state index is -1.08. The Labute approximate surface area is 166 Å². The monoisotopic (exact) mass is 385 g/mol. The maximum Gasteiger partial charge on any atom is 0.323 e. The van der Waals surface area contributed by atoms with Gasteiger partial charge in [0, 0.05) is 0 Å². The number of nitrogens with two attached hydrogens (primary N) is 1. The molecule has 0 aromatic carbocycles. The molecule has 160 valence electrons. The highest BCUT2D eigenvalue weighted by atomic mass is 16.5. The number of rotatable bonds is 20. The van der Waals surface area contributed by atoms with Crippen LogP contribution in [-0.2, 0) is 14.3 Å². The molecule has 1 atom stereocenters. The van der Waals surface area contributed by atoms with Crippen molar-refractivity contribution in [1.82, 2.24) is 0 Å². The number of carboxylic acid groups (broad SMARTS) is 1. The molecule has 1 unspecified atom stereocenters. The van der Waals surface area contributed by atoms with E-state index in [1.807, 2.05) is 0 Å². The molecule has 0 spiro atoms. The fourth-order valence-electron chi connectivity index (χ4n) is 3.20. The molecule has 5 nitrogen and oxygen atoms in total. The zero-order valence-electron chi connectivity index (χ0n) is 17.6. The van der Waals surface area contributed by atoms with Gasteiger partial charge in [0.1, 0.15) is 6.04 Å². The summed E-state index contributed by atoms with van der Waals surface area (Å²) in [5.41, 5.74) is 5.43. The van der Waals surface area contributed by atoms with E-state index in [4.69, 9.17) is 15.6 Å². The summed E-state index contributed by atoms with van der Waals surface area (Å²) < 4.78 is 5.00. The second kappa shape index (κ2) is 19.7. The van der Waals surface area contributed by atoms with E-state index in [9.17, 15) is 9.59 Å². The van der Waals surface area contributed by atoms with Gasteiger partial charge in [-0.2, -0.15) is 0 Å². The highest BCUT2D eigenvalue weighted by Crippen LogP contribution is 2.13. The number of aliphatic carboxylic acids is 1. The lowest BCUT2D eigenvalue weighted by atomic mass is 10.0. The predicted octanol–water partition coefficient (Wildman–Crippen LogP) is 5.59. The summed E-state index contributed by atoms with van der Waals surface area (Å²) in [7, 11) is 0. The van der Waals surface area contributed by atoms with Gasteiger partial charge >= 0.3 is 11.9 Å². The van der Waals surface area contributed by atoms with Gasteiger partial charge in [0.15, 0.2) is 0 Å². The third-order valence-electron chi connectivity index (χ3n) is 4.94. The van der Waals surface area contributed by atoms with Crippen molar-refractivity contribution in [1.29, 1.82) is 0 Å². The Morgan fingerprint density at radius 1 is 0.741 bits per heavy atom. The van der Waals surface area contributed by atoms with E-state index in [-0.39, 0.29) is 6.42 Å². The zero-order valence-corrected chi connectivity index (χ0v) is 17.6. The van der Waals surface area contributed by atoms with Crippen molar-refractivity contribution in [3.63, 3.8) is 0 Å². The maximum absolute atomic E-state index is 11.4. The fourth-order valence-corrected chi connectivity index (χ4v) is 3.20. The van der Waals surface area contributed by atoms with Crippen LogP contribution in [-0.4, -0.2) is 29.7 Å². The molecule has 0 aliphatic rings. The number of ether oxygens (including phenoxy) is 1. The molecular formula is C22H43NO4. The summed E-state index contributed by atoms with van der Waals surface area (Å²) in [4.78, 5) is 21.9. The van der Waals surface area contributed by atoms with Gasteiger partial charge in [0.05, 0.1) is 13.0 Å². The van der Waals surface area contributed by atoms with Crippen molar-refractivity contribution >= 4 is 11.9 Å². The number of carbonyl (C=O) groups is 2. The van der Waals surface area contributed by atoms with Gasteiger partial charge < -0.3 is 15.6 Å². The van der Waals surface area contributed by atoms with E-state index < -0.39 is 18.0 Å². The van der Waals surface area contributed by atoms with Crippen LogP contribution >= 0.6 is 0 Å². The van der Waals surface area contributed by atoms with Crippen LogP contribution in [0.2, 0.25) is 0 Å². The topological polar surface area (TPSA) is 89.6 Å². The Hall–Kier alpha value is -1.10. The summed E-state index contributed by atoms with van der Waals surface area (Å²) >= 11 is 0. The number of hydrogen-bond acceptors (Lipinski definition) is 4. The second-order valence-electron chi connectivity index (χ2n) is 7.68. The first-order chi connectivity index (χ1) is 13.1. The number of carboxylic acids is 1. The average Bonchev–Trinajstić information content (AvgIpc) is 2.63. The lowest BCUT2D eigenvalue weighted by Crippen LogP contribution is -2.34. The van der Waals surface area contributed by atoms with Crippen molar-refractivity contribution in [2.75, 3.05) is 6.61 Å². The molecule has 0 saturated carbocycles. The summed E-state index contributed by atoms with van der Waals surface area (Å²) in [6.45, 7) is 2.60. The molecule has 0 aromatic heterocycles. The molecule has 0 fully saturated rings. The van der Waals surface area contributed by atoms with Gasteiger partial charge in [-0.05, 0) is 6.42 Å². The third kappa shape index (κ3) is 19.5. The Bertz CT molecular complexity index is 360. The fraction of sp³-hybridized carbons (Fsp3) is 0.909. The molecule has 0 aliphatic carbocycles. The van der Waals surface area contributed by atoms with Gasteiger partial charge in [0.25, 0.3) is 0 Å². The zero-order chi connectivity index (χ0) is 20.2. The van der Waals surface area contributed by atoms with Crippen LogP contribution in [0.1, 0.15) is 116 Å². The number of hydrogen-bond donors (Lipinski definition) is 2. The second-order valence-corrected chi connectivity index (χ2v) is 7.68. The highest BCUT2D eigenvalue weighted by molar-refractivity contribution is 5.81. The Balaban J connectivity index is 3.19. The van der Waals surface area contributed by atoms with E-state index in [0.717, 1.165) is 19.3 Å². The summed E-state index contributed by atoms with van der Waals surface area (Å²) in [6, 6.07) is -1.05. The van der Waals surface area contributed by atoms with Crippen molar-refractivity contribution in [2.45, 2.75) is 122 Å². The molecule has 0 rings (SSSR count). The van der Waals surface area contributed by atoms with Crippen LogP contribution in [0.4, 0.5) is 0 Å². The molecule has 0 heterocycles. The Morgan fingerprint density at radius 2 is 1.11 bits per heavy atom. The van der Waals surface area contributed by atoms with Gasteiger partial charge in [0.2, 0.25) is 0 Å². The Morgan fingerprint density at radius 3 is 1.48 bits per heavy atom. The van der Waals surface area contributed by atoms with E-state index in [2.05, 4.69) is 6.92 Å². The molecule has 5 heteroatoms. The minimum absolute atomic E-state index is 0.338. The number of unbranched alkanes of at least 4 members (excludes halogenated alkanes) is 15. The van der Waals surface area contributed by atoms with Gasteiger partial charge in [-0.1, -0.05) is 103 Å². The van der Waals surface area contributed by atoms with Crippen LogP contribution in [0.3, 0.4) is 0 Å². The highest BCUT2D eigenvalue weighted by Gasteiger charge is 2.17. The van der Waals surface area contributed by atoms with Gasteiger partial charge in [-0.15, -0.1) is 0 Å². The lowest BCUT2D eigenvalue weighted by Gasteiger charge is -2.09. The summed E-state index contributed by atoms with van der Waals surface area (Å²) in [5.74, 6) is -1.69. The van der Waals surface area contributed by atoms with Gasteiger partial charge in [-0.25, -0.2) is 0 Å². The van der Waals surface area contributed by atoms with Crippen LogP contribution in [0.25, 0.3) is 0 Å². The van der Waals surface area contributed by atoms with Crippen LogP contribution in [0.5, 0.6) is 0 Å². The van der Waals surface area contributed by atoms with Crippen molar-refractivity contribution in [3.05, 3.63) is 0 Å². The normalized spacial score (nSPS) is 12.1. The molecule has 0 aliphatic heterocycles. The Kier molecular flexibility index (Phi) is 18.9. The van der Waals surface area contributed by atoms with Gasteiger partial charge in [-0.3, -0.25) is 9.59 Å². The summed E-state index contributed by atoms with van der Waals surface area (Å²) in [6.07, 6.45) is 20.4. The molecule has 0 aromatic rings. The first-order valence-corrected chi connectivity index (χ1v) is 11.2. The van der Waals surface area contributed by atoms with Crippen molar-refractivity contribution in [3.8, 4) is 0 Å². The quantitative estimate of drug-likeness (QED) is 0.210. The summed E-state index contributed by atoms with van der Waals surface area (Å²) in [5, 5.41) is 8.57. The molecular weight excluding hydrogens is 342 g/mol. The largest absolute Gasteiger partial charge is 0.481 e. The van der Waals surface area contributed by atoms with E-state index >= 15 is 0 Å². The van der Waals surface area contributed by atoms with E-state index in [1.54, 1.807) is 0 Å². The van der Waals surface area contributed by atoms with Crippen LogP contribution in [0, 0.1) is 0 Å². The average molecular weight is 386 g/mol. The smallest absolute Gasteiger partial charge is 0.323 e. The molecule has 0 amide bonds. The van der Waals surface area contributed by atoms with Crippen LogP contribution in [0.15, 0.2) is 0 Å². The van der Waals surface area contributed by atoms with E-state index in [1.165, 1.54) is 83.5 Å². The predicted molar refractivity (Wildman–Crippen MR) is 111 cm³/mol. The molecule has 0 saturated heterocycles. The maximum atomic E-state index is 11.4. The molecule has 27 heavy (non-hydrogen) atoms. The van der Waals surface area contributed by atoms with Crippen molar-refractivity contribution in [2.24, 2.45) is 5.73 Å². The number of esters is 1. The minimum Gasteiger partial charge on any atom is -0.481 e. The molecule has 0 radical (unpaired) electrons. The first kappa shape index (κ1) is 25.9. The van der Waals surface area contributed by atoms with E-state index in [0.29, 0.717) is 6.61 Å². The van der Waals surface area contributed by atoms with Crippen LogP contribution < -0.4 is 5.73 Å². The third-order valence-corrected chi connectivity index (χ3v) is 4.94. The molecule has 0 bridgehead atoms. The van der Waals surface area contributed by atoms with Crippen molar-refractivity contribution < 1.29 is 19.4 Å². The number of carbonyl (C=O) groups excluding carboxylic acids is 1. The standard InChI is InChI=1S/C22H43NO4/c1-2-3-4-5-6-7-8-9-10-11-12-13-14-15-16-17-18-27-22(26)20(23)19-21(24)25/h20H,2-19,23H2,1H3,(H,24,25). The first-order valence-electron chi connectivity index (χ1n) is 11.2. The SMILES string of the molecule is CCCCCCCCCCCCCCCCCCOC(=O)C(N)CC(=O)O.